The summed E-state index contributed by atoms with van der Waals surface area (Å²) in [7, 11) is 5.97. The van der Waals surface area contributed by atoms with Gasteiger partial charge in [-0.1, -0.05) is 13.3 Å². The van der Waals surface area contributed by atoms with Gasteiger partial charge in [0.2, 0.25) is 0 Å². The Bertz CT molecular complexity index is 434. The summed E-state index contributed by atoms with van der Waals surface area (Å²) in [6.45, 7) is 4.83. The molecule has 0 aromatic carbocycles. The van der Waals surface area contributed by atoms with E-state index >= 15 is 0 Å². The summed E-state index contributed by atoms with van der Waals surface area (Å²) in [6.07, 6.45) is 6.57. The molecule has 0 fully saturated rings. The monoisotopic (exact) mass is 292 g/mol. The van der Waals surface area contributed by atoms with Crippen LogP contribution in [0.1, 0.15) is 36.5 Å². The van der Waals surface area contributed by atoms with Crippen molar-refractivity contribution in [1.82, 2.24) is 14.8 Å². The lowest BCUT2D eigenvalue weighted by Gasteiger charge is -2.17. The molecule has 118 valence electrons. The summed E-state index contributed by atoms with van der Waals surface area (Å²) < 4.78 is 0. The van der Waals surface area contributed by atoms with E-state index in [1.165, 1.54) is 0 Å². The quantitative estimate of drug-likeness (QED) is 0.710. The number of hydrogen-bond donors (Lipinski definition) is 1. The number of unbranched alkanes of at least 4 members (excludes halogenated alkanes) is 1. The highest BCUT2D eigenvalue weighted by Crippen LogP contribution is 2.11. The van der Waals surface area contributed by atoms with Gasteiger partial charge in [0.05, 0.1) is 11.3 Å². The second-order valence-electron chi connectivity index (χ2n) is 5.63. The molecule has 0 aliphatic heterocycles. The van der Waals surface area contributed by atoms with Crippen molar-refractivity contribution in [2.75, 3.05) is 46.1 Å². The lowest BCUT2D eigenvalue weighted by molar-refractivity contribution is 0.0793. The first-order valence-electron chi connectivity index (χ1n) is 7.63. The van der Waals surface area contributed by atoms with E-state index in [0.717, 1.165) is 44.6 Å². The predicted molar refractivity (Wildman–Crippen MR) is 87.8 cm³/mol. The van der Waals surface area contributed by atoms with Crippen molar-refractivity contribution in [2.24, 2.45) is 0 Å². The van der Waals surface area contributed by atoms with Crippen molar-refractivity contribution < 1.29 is 4.79 Å². The van der Waals surface area contributed by atoms with Crippen LogP contribution >= 0.6 is 0 Å². The van der Waals surface area contributed by atoms with Gasteiger partial charge in [0.1, 0.15) is 0 Å². The molecule has 1 heterocycles. The molecular weight excluding hydrogens is 264 g/mol. The summed E-state index contributed by atoms with van der Waals surface area (Å²) in [6, 6.07) is 1.88. The van der Waals surface area contributed by atoms with Crippen molar-refractivity contribution in [3.05, 3.63) is 24.0 Å². The van der Waals surface area contributed by atoms with Crippen LogP contribution in [0.5, 0.6) is 0 Å². The summed E-state index contributed by atoms with van der Waals surface area (Å²) in [5.41, 5.74) is 1.55. The Hall–Kier alpha value is -1.62. The van der Waals surface area contributed by atoms with Crippen molar-refractivity contribution in [3.8, 4) is 0 Å². The van der Waals surface area contributed by atoms with Gasteiger partial charge < -0.3 is 15.1 Å². The third-order valence-corrected chi connectivity index (χ3v) is 3.29. The minimum Gasteiger partial charge on any atom is -0.384 e. The number of aromatic nitrogens is 1. The van der Waals surface area contributed by atoms with Crippen LogP contribution < -0.4 is 5.32 Å². The summed E-state index contributed by atoms with van der Waals surface area (Å²) >= 11 is 0. The van der Waals surface area contributed by atoms with Crippen LogP contribution in [0.2, 0.25) is 0 Å². The van der Waals surface area contributed by atoms with Crippen LogP contribution in [0.4, 0.5) is 5.69 Å². The Morgan fingerprint density at radius 2 is 1.95 bits per heavy atom. The van der Waals surface area contributed by atoms with Crippen LogP contribution in [-0.2, 0) is 0 Å². The first-order valence-corrected chi connectivity index (χ1v) is 7.63. The third kappa shape index (κ3) is 6.58. The molecule has 1 amide bonds. The minimum atomic E-state index is 0.0351. The average molecular weight is 292 g/mol. The molecule has 1 aromatic heterocycles. The van der Waals surface area contributed by atoms with Gasteiger partial charge in [-0.2, -0.15) is 0 Å². The van der Waals surface area contributed by atoms with Crippen LogP contribution in [0, 0.1) is 0 Å². The standard InChI is InChI=1S/C16H28N4O/c1-5-6-10-20(4)16(21)14-11-15(13-17-12-14)18-8-7-9-19(2)3/h11-13,18H,5-10H2,1-4H3. The molecule has 5 heteroatoms. The molecule has 21 heavy (non-hydrogen) atoms. The Labute approximate surface area is 128 Å². The second-order valence-corrected chi connectivity index (χ2v) is 5.63. The number of anilines is 1. The topological polar surface area (TPSA) is 48.5 Å². The van der Waals surface area contributed by atoms with Crippen molar-refractivity contribution in [3.63, 3.8) is 0 Å². The molecule has 5 nitrogen and oxygen atoms in total. The van der Waals surface area contributed by atoms with E-state index in [0.29, 0.717) is 5.56 Å². The highest BCUT2D eigenvalue weighted by molar-refractivity contribution is 5.94. The fourth-order valence-electron chi connectivity index (χ4n) is 2.00. The SMILES string of the molecule is CCCCN(C)C(=O)c1cncc(NCCCN(C)C)c1. The number of pyridine rings is 1. The van der Waals surface area contributed by atoms with Gasteiger partial charge in [-0.3, -0.25) is 9.78 Å². The Balaban J connectivity index is 2.53. The normalized spacial score (nSPS) is 10.7. The molecule has 0 radical (unpaired) electrons. The number of carbonyl (C=O) groups excluding carboxylic acids is 1. The van der Waals surface area contributed by atoms with Crippen molar-refractivity contribution >= 4 is 11.6 Å². The number of amides is 1. The van der Waals surface area contributed by atoms with Gasteiger partial charge in [-0.15, -0.1) is 0 Å². The Morgan fingerprint density at radius 1 is 1.19 bits per heavy atom. The fraction of sp³-hybridized carbons (Fsp3) is 0.625. The number of rotatable bonds is 9. The zero-order chi connectivity index (χ0) is 15.7. The Morgan fingerprint density at radius 3 is 2.62 bits per heavy atom. The molecule has 0 bridgehead atoms. The average Bonchev–Trinajstić information content (AvgIpc) is 2.48. The van der Waals surface area contributed by atoms with Crippen LogP contribution in [0.3, 0.4) is 0 Å². The van der Waals surface area contributed by atoms with Crippen LogP contribution in [-0.4, -0.2) is 61.5 Å². The first-order chi connectivity index (χ1) is 10.0. The van der Waals surface area contributed by atoms with E-state index in [4.69, 9.17) is 0 Å². The lowest BCUT2D eigenvalue weighted by atomic mass is 10.2. The molecular formula is C16H28N4O. The first kappa shape index (κ1) is 17.4. The highest BCUT2D eigenvalue weighted by Gasteiger charge is 2.11. The van der Waals surface area contributed by atoms with Gasteiger partial charge in [-0.25, -0.2) is 0 Å². The molecule has 0 saturated carbocycles. The molecule has 0 aliphatic rings. The van der Waals surface area contributed by atoms with E-state index in [1.807, 2.05) is 13.1 Å². The van der Waals surface area contributed by atoms with E-state index in [-0.39, 0.29) is 5.91 Å². The number of nitrogens with zero attached hydrogens (tertiary/aromatic N) is 3. The predicted octanol–water partition coefficient (Wildman–Crippen LogP) is 2.32. The van der Waals surface area contributed by atoms with Gasteiger partial charge in [0.25, 0.3) is 5.91 Å². The molecule has 1 rings (SSSR count). The Kier molecular flexibility index (Phi) is 7.75. The largest absolute Gasteiger partial charge is 0.384 e. The van der Waals surface area contributed by atoms with Gasteiger partial charge >= 0.3 is 0 Å². The van der Waals surface area contributed by atoms with Crippen LogP contribution in [0.15, 0.2) is 18.5 Å². The van der Waals surface area contributed by atoms with Gasteiger partial charge in [-0.05, 0) is 39.5 Å². The molecule has 0 spiro atoms. The molecule has 0 saturated heterocycles. The second kappa shape index (κ2) is 9.34. The number of hydrogen-bond acceptors (Lipinski definition) is 4. The van der Waals surface area contributed by atoms with Crippen molar-refractivity contribution in [1.29, 1.82) is 0 Å². The minimum absolute atomic E-state index is 0.0351. The maximum absolute atomic E-state index is 12.3. The maximum Gasteiger partial charge on any atom is 0.255 e. The third-order valence-electron chi connectivity index (χ3n) is 3.29. The summed E-state index contributed by atoms with van der Waals surface area (Å²) in [5, 5.41) is 3.32. The molecule has 1 N–H and O–H groups in total. The van der Waals surface area contributed by atoms with Gasteiger partial charge in [0.15, 0.2) is 0 Å². The van der Waals surface area contributed by atoms with E-state index < -0.39 is 0 Å². The fourth-order valence-corrected chi connectivity index (χ4v) is 2.00. The molecule has 0 unspecified atom stereocenters. The van der Waals surface area contributed by atoms with Gasteiger partial charge in [0, 0.05) is 32.5 Å². The lowest BCUT2D eigenvalue weighted by Crippen LogP contribution is -2.27. The zero-order valence-corrected chi connectivity index (χ0v) is 13.7. The van der Waals surface area contributed by atoms with E-state index in [2.05, 4.69) is 36.2 Å². The smallest absolute Gasteiger partial charge is 0.255 e. The van der Waals surface area contributed by atoms with E-state index in [9.17, 15) is 4.79 Å². The van der Waals surface area contributed by atoms with Crippen LogP contribution in [0.25, 0.3) is 0 Å². The molecule has 0 atom stereocenters. The van der Waals surface area contributed by atoms with Crippen molar-refractivity contribution in [2.45, 2.75) is 26.2 Å². The zero-order valence-electron chi connectivity index (χ0n) is 13.7. The van der Waals surface area contributed by atoms with E-state index in [1.54, 1.807) is 17.3 Å². The summed E-state index contributed by atoms with van der Waals surface area (Å²) in [5.74, 6) is 0.0351. The molecule has 1 aromatic rings. The number of nitrogens with one attached hydrogen (secondary N) is 1. The number of carbonyl (C=O) groups is 1. The molecule has 0 aliphatic carbocycles. The summed E-state index contributed by atoms with van der Waals surface area (Å²) in [4.78, 5) is 20.4. The maximum atomic E-state index is 12.3. The highest BCUT2D eigenvalue weighted by atomic mass is 16.2.